The zero-order valence-corrected chi connectivity index (χ0v) is 13.7. The van der Waals surface area contributed by atoms with Crippen LogP contribution in [0.25, 0.3) is 5.57 Å². The highest BCUT2D eigenvalue weighted by molar-refractivity contribution is 5.81. The standard InChI is InChI=1S/C21H24O/c1-4-21(5-2,19-12-8-9-13-20(19)22-3)18-15-14-16-10-6-7-11-17(16)18/h6-13,15H,4-5,14H2,1-3H3. The minimum absolute atomic E-state index is 0.0270. The van der Waals surface area contributed by atoms with Gasteiger partial charge >= 0.3 is 0 Å². The molecule has 1 aliphatic rings. The van der Waals surface area contributed by atoms with Crippen molar-refractivity contribution in [2.75, 3.05) is 7.11 Å². The highest BCUT2D eigenvalue weighted by atomic mass is 16.5. The van der Waals surface area contributed by atoms with E-state index in [1.54, 1.807) is 7.11 Å². The van der Waals surface area contributed by atoms with Crippen LogP contribution >= 0.6 is 0 Å². The second kappa shape index (κ2) is 6.00. The first-order valence-corrected chi connectivity index (χ1v) is 8.19. The Morgan fingerprint density at radius 1 is 0.955 bits per heavy atom. The van der Waals surface area contributed by atoms with Crippen LogP contribution in [0.15, 0.2) is 54.6 Å². The summed E-state index contributed by atoms with van der Waals surface area (Å²) < 4.78 is 5.68. The fourth-order valence-electron chi connectivity index (χ4n) is 3.93. The predicted octanol–water partition coefficient (Wildman–Crippen LogP) is 5.39. The van der Waals surface area contributed by atoms with Crippen LogP contribution in [-0.2, 0) is 11.8 Å². The molecule has 0 radical (unpaired) electrons. The fourth-order valence-corrected chi connectivity index (χ4v) is 3.93. The van der Waals surface area contributed by atoms with Crippen LogP contribution in [0.3, 0.4) is 0 Å². The lowest BCUT2D eigenvalue weighted by molar-refractivity contribution is 0.392. The molecule has 3 rings (SSSR count). The fraction of sp³-hybridized carbons (Fsp3) is 0.333. The van der Waals surface area contributed by atoms with E-state index in [4.69, 9.17) is 4.74 Å². The Morgan fingerprint density at radius 2 is 1.64 bits per heavy atom. The lowest BCUT2D eigenvalue weighted by Gasteiger charge is -2.36. The first-order valence-electron chi connectivity index (χ1n) is 8.19. The zero-order chi connectivity index (χ0) is 15.6. The summed E-state index contributed by atoms with van der Waals surface area (Å²) >= 11 is 0. The molecule has 0 saturated carbocycles. The molecule has 1 heteroatoms. The molecule has 0 saturated heterocycles. The summed E-state index contributed by atoms with van der Waals surface area (Å²) in [6, 6.07) is 17.3. The topological polar surface area (TPSA) is 9.23 Å². The minimum Gasteiger partial charge on any atom is -0.496 e. The Morgan fingerprint density at radius 3 is 2.36 bits per heavy atom. The maximum Gasteiger partial charge on any atom is 0.122 e. The van der Waals surface area contributed by atoms with E-state index in [1.165, 1.54) is 22.3 Å². The summed E-state index contributed by atoms with van der Waals surface area (Å²) in [4.78, 5) is 0. The second-order valence-corrected chi connectivity index (χ2v) is 5.97. The minimum atomic E-state index is 0.0270. The first kappa shape index (κ1) is 14.9. The van der Waals surface area contributed by atoms with Gasteiger partial charge in [0.25, 0.3) is 0 Å². The van der Waals surface area contributed by atoms with E-state index in [9.17, 15) is 0 Å². The molecule has 0 amide bonds. The van der Waals surface area contributed by atoms with Gasteiger partial charge in [0.05, 0.1) is 7.11 Å². The Kier molecular flexibility index (Phi) is 4.06. The quantitative estimate of drug-likeness (QED) is 0.717. The van der Waals surface area contributed by atoms with Crippen molar-refractivity contribution in [1.29, 1.82) is 0 Å². The maximum absolute atomic E-state index is 5.68. The molecule has 0 fully saturated rings. The third-order valence-corrected chi connectivity index (χ3v) is 5.18. The second-order valence-electron chi connectivity index (χ2n) is 5.97. The molecule has 0 bridgehead atoms. The van der Waals surface area contributed by atoms with Gasteiger partial charge in [-0.1, -0.05) is 62.4 Å². The first-order chi connectivity index (χ1) is 10.8. The molecule has 0 spiro atoms. The van der Waals surface area contributed by atoms with Crippen LogP contribution in [0.5, 0.6) is 5.75 Å². The molecule has 1 aliphatic carbocycles. The number of hydrogen-bond donors (Lipinski definition) is 0. The predicted molar refractivity (Wildman–Crippen MR) is 93.4 cm³/mol. The molecule has 0 unspecified atom stereocenters. The number of allylic oxidation sites excluding steroid dienone is 2. The normalized spacial score (nSPS) is 13.7. The van der Waals surface area contributed by atoms with Gasteiger partial charge in [-0.2, -0.15) is 0 Å². The average molecular weight is 292 g/mol. The van der Waals surface area contributed by atoms with Crippen molar-refractivity contribution in [2.45, 2.75) is 38.5 Å². The van der Waals surface area contributed by atoms with E-state index in [0.717, 1.165) is 25.0 Å². The summed E-state index contributed by atoms with van der Waals surface area (Å²) in [6.07, 6.45) is 5.61. The monoisotopic (exact) mass is 292 g/mol. The Balaban J connectivity index is 2.19. The average Bonchev–Trinajstić information content (AvgIpc) is 3.02. The number of para-hydroxylation sites is 1. The molecule has 0 atom stereocenters. The lowest BCUT2D eigenvalue weighted by Crippen LogP contribution is -2.26. The number of fused-ring (bicyclic) bond motifs is 1. The van der Waals surface area contributed by atoms with Crippen LogP contribution in [0.1, 0.15) is 43.4 Å². The Labute approximate surface area is 133 Å². The largest absolute Gasteiger partial charge is 0.496 e. The number of rotatable bonds is 5. The third-order valence-electron chi connectivity index (χ3n) is 5.18. The maximum atomic E-state index is 5.68. The molecule has 2 aromatic rings. The highest BCUT2D eigenvalue weighted by Gasteiger charge is 2.37. The molecular weight excluding hydrogens is 268 g/mol. The summed E-state index contributed by atoms with van der Waals surface area (Å²) in [5.41, 5.74) is 5.66. The SMILES string of the molecule is CCC(CC)(C1=CCc2ccccc21)c1ccccc1OC. The zero-order valence-electron chi connectivity index (χ0n) is 13.7. The van der Waals surface area contributed by atoms with Gasteiger partial charge in [0.15, 0.2) is 0 Å². The molecule has 0 heterocycles. The molecule has 0 aromatic heterocycles. The number of benzene rings is 2. The van der Waals surface area contributed by atoms with Gasteiger partial charge in [0, 0.05) is 11.0 Å². The Hall–Kier alpha value is -2.02. The molecule has 2 aromatic carbocycles. The van der Waals surface area contributed by atoms with E-state index in [-0.39, 0.29) is 5.41 Å². The van der Waals surface area contributed by atoms with Crippen LogP contribution in [0.4, 0.5) is 0 Å². The molecule has 114 valence electrons. The van der Waals surface area contributed by atoms with E-state index < -0.39 is 0 Å². The summed E-state index contributed by atoms with van der Waals surface area (Å²) in [6.45, 7) is 4.58. The summed E-state index contributed by atoms with van der Waals surface area (Å²) in [5, 5.41) is 0. The van der Waals surface area contributed by atoms with Crippen molar-refractivity contribution in [3.8, 4) is 5.75 Å². The molecular formula is C21H24O. The summed E-state index contributed by atoms with van der Waals surface area (Å²) in [5.74, 6) is 0.997. The molecule has 22 heavy (non-hydrogen) atoms. The number of methoxy groups -OCH3 is 1. The van der Waals surface area contributed by atoms with E-state index >= 15 is 0 Å². The van der Waals surface area contributed by atoms with E-state index in [2.05, 4.69) is 68.5 Å². The van der Waals surface area contributed by atoms with Gasteiger partial charge in [-0.05, 0) is 42.0 Å². The van der Waals surface area contributed by atoms with Crippen molar-refractivity contribution in [3.63, 3.8) is 0 Å². The van der Waals surface area contributed by atoms with Crippen molar-refractivity contribution in [1.82, 2.24) is 0 Å². The molecule has 1 nitrogen and oxygen atoms in total. The van der Waals surface area contributed by atoms with Gasteiger partial charge in [-0.15, -0.1) is 0 Å². The molecule has 0 aliphatic heterocycles. The van der Waals surface area contributed by atoms with Crippen molar-refractivity contribution < 1.29 is 4.74 Å². The number of hydrogen-bond acceptors (Lipinski definition) is 1. The van der Waals surface area contributed by atoms with E-state index in [0.29, 0.717) is 0 Å². The van der Waals surface area contributed by atoms with Crippen LogP contribution in [0, 0.1) is 0 Å². The summed E-state index contributed by atoms with van der Waals surface area (Å²) in [7, 11) is 1.77. The van der Waals surface area contributed by atoms with Crippen LogP contribution in [-0.4, -0.2) is 7.11 Å². The third kappa shape index (κ3) is 2.16. The molecule has 0 N–H and O–H groups in total. The van der Waals surface area contributed by atoms with Crippen LogP contribution < -0.4 is 4.74 Å². The lowest BCUT2D eigenvalue weighted by atomic mass is 9.68. The van der Waals surface area contributed by atoms with Gasteiger partial charge < -0.3 is 4.74 Å². The van der Waals surface area contributed by atoms with Gasteiger partial charge in [0.1, 0.15) is 5.75 Å². The van der Waals surface area contributed by atoms with Gasteiger partial charge in [-0.25, -0.2) is 0 Å². The van der Waals surface area contributed by atoms with Gasteiger partial charge in [0.2, 0.25) is 0 Å². The van der Waals surface area contributed by atoms with Gasteiger partial charge in [-0.3, -0.25) is 0 Å². The highest BCUT2D eigenvalue weighted by Crippen LogP contribution is 2.49. The Bertz CT molecular complexity index is 693. The van der Waals surface area contributed by atoms with Crippen molar-refractivity contribution in [3.05, 3.63) is 71.3 Å². The van der Waals surface area contributed by atoms with E-state index in [1.807, 2.05) is 0 Å². The van der Waals surface area contributed by atoms with Crippen molar-refractivity contribution >= 4 is 5.57 Å². The van der Waals surface area contributed by atoms with Crippen LogP contribution in [0.2, 0.25) is 0 Å². The smallest absolute Gasteiger partial charge is 0.122 e. The number of ether oxygens (including phenoxy) is 1. The van der Waals surface area contributed by atoms with Crippen molar-refractivity contribution in [2.24, 2.45) is 0 Å².